The first-order chi connectivity index (χ1) is 22.0. The number of benzene rings is 3. The Morgan fingerprint density at radius 3 is 2.60 bits per heavy atom. The van der Waals surface area contributed by atoms with E-state index in [-0.39, 0.29) is 12.2 Å². The number of para-hydroxylation sites is 2. The topological polar surface area (TPSA) is 98.6 Å². The normalized spacial score (nSPS) is 14.6. The lowest BCUT2D eigenvalue weighted by Gasteiger charge is -2.26. The van der Waals surface area contributed by atoms with Crippen molar-refractivity contribution in [1.82, 2.24) is 9.13 Å². The molecule has 0 bridgehead atoms. The maximum absolute atomic E-state index is 14.3. The van der Waals surface area contributed by atoms with Gasteiger partial charge in [0.25, 0.3) is 5.56 Å². The van der Waals surface area contributed by atoms with Crippen molar-refractivity contribution in [3.63, 3.8) is 0 Å². The van der Waals surface area contributed by atoms with Gasteiger partial charge in [-0.05, 0) is 43.2 Å². The van der Waals surface area contributed by atoms with Crippen LogP contribution >= 0.6 is 11.3 Å². The maximum Gasteiger partial charge on any atom is 0.338 e. The fraction of sp³-hybridized carbons (Fsp3) is 0.222. The Morgan fingerprint density at radius 2 is 1.82 bits per heavy atom. The van der Waals surface area contributed by atoms with Crippen molar-refractivity contribution in [2.24, 2.45) is 4.99 Å². The first-order valence-electron chi connectivity index (χ1n) is 14.9. The number of esters is 1. The van der Waals surface area contributed by atoms with Crippen LogP contribution in [0.15, 0.2) is 100 Å². The number of rotatable bonds is 9. The summed E-state index contributed by atoms with van der Waals surface area (Å²) >= 11 is 1.30. The van der Waals surface area contributed by atoms with Gasteiger partial charge in [-0.3, -0.25) is 9.36 Å². The number of hydrogen-bond donors (Lipinski definition) is 0. The highest BCUT2D eigenvalue weighted by molar-refractivity contribution is 7.07. The van der Waals surface area contributed by atoms with Crippen molar-refractivity contribution in [2.75, 3.05) is 13.7 Å². The summed E-state index contributed by atoms with van der Waals surface area (Å²) in [6.07, 6.45) is 5.24. The number of methoxy groups -OCH3 is 1. The zero-order valence-electron chi connectivity index (χ0n) is 25.3. The van der Waals surface area contributed by atoms with Gasteiger partial charge in [0.05, 0.1) is 41.2 Å². The molecular weight excluding hydrogens is 584 g/mol. The van der Waals surface area contributed by atoms with E-state index in [1.807, 2.05) is 92.0 Å². The van der Waals surface area contributed by atoms with E-state index >= 15 is 0 Å². The molecule has 3 aromatic carbocycles. The lowest BCUT2D eigenvalue weighted by Crippen LogP contribution is -2.40. The number of nitriles is 1. The van der Waals surface area contributed by atoms with Crippen LogP contribution in [0.5, 0.6) is 5.75 Å². The number of thiazole rings is 1. The number of ether oxygens (including phenoxy) is 2. The molecule has 0 saturated carbocycles. The van der Waals surface area contributed by atoms with Gasteiger partial charge in [-0.1, -0.05) is 79.3 Å². The Bertz CT molecular complexity index is 2180. The van der Waals surface area contributed by atoms with Crippen LogP contribution in [0.25, 0.3) is 17.0 Å². The maximum atomic E-state index is 14.3. The zero-order chi connectivity index (χ0) is 31.5. The second-order valence-electron chi connectivity index (χ2n) is 10.7. The minimum Gasteiger partial charge on any atom is -0.496 e. The molecule has 0 aliphatic carbocycles. The van der Waals surface area contributed by atoms with Crippen molar-refractivity contribution < 1.29 is 14.3 Å². The third-order valence-electron chi connectivity index (χ3n) is 7.91. The highest BCUT2D eigenvalue weighted by atomic mass is 32.1. The molecule has 45 heavy (non-hydrogen) atoms. The number of aromatic nitrogens is 2. The third-order valence-corrected chi connectivity index (χ3v) is 8.89. The van der Waals surface area contributed by atoms with Crippen LogP contribution in [-0.4, -0.2) is 28.8 Å². The van der Waals surface area contributed by atoms with Gasteiger partial charge < -0.3 is 14.0 Å². The van der Waals surface area contributed by atoms with Gasteiger partial charge in [0, 0.05) is 34.8 Å². The number of fused-ring (bicyclic) bond motifs is 2. The van der Waals surface area contributed by atoms with Crippen molar-refractivity contribution in [3.05, 3.63) is 132 Å². The molecule has 1 aliphatic rings. The zero-order valence-corrected chi connectivity index (χ0v) is 26.1. The molecule has 226 valence electrons. The summed E-state index contributed by atoms with van der Waals surface area (Å²) in [5.41, 5.74) is 4.82. The van der Waals surface area contributed by atoms with Gasteiger partial charge in [0.1, 0.15) is 11.8 Å². The molecule has 9 heteroatoms. The second-order valence-corrected chi connectivity index (χ2v) is 11.7. The third kappa shape index (κ3) is 5.49. The number of carbonyl (C=O) groups is 1. The standard InChI is InChI=1S/C36H32N4O4S/c1-4-12-28-32(35(42)44-5-2)33(27-16-9-11-18-30(27)43-3)40-34(41)31(45-36(40)38-28)19-25-22-39(29-17-10-8-15-26(25)29)21-24-14-7-6-13-23(24)20-37/h6-11,13-19,22,33H,4-5,12,21H2,1-3H3/b31-19+/t33-/m1/s1. The van der Waals surface area contributed by atoms with E-state index in [2.05, 4.69) is 10.6 Å². The van der Waals surface area contributed by atoms with Crippen molar-refractivity contribution in [2.45, 2.75) is 39.3 Å². The largest absolute Gasteiger partial charge is 0.496 e. The molecule has 6 rings (SSSR count). The van der Waals surface area contributed by atoms with Crippen LogP contribution in [-0.2, 0) is 16.1 Å². The smallest absolute Gasteiger partial charge is 0.338 e. The van der Waals surface area contributed by atoms with Crippen LogP contribution in [0.3, 0.4) is 0 Å². The molecule has 1 aliphatic heterocycles. The molecule has 0 amide bonds. The fourth-order valence-electron chi connectivity index (χ4n) is 5.92. The Kier molecular flexibility index (Phi) is 8.49. The van der Waals surface area contributed by atoms with Crippen LogP contribution in [0.2, 0.25) is 0 Å². The minimum absolute atomic E-state index is 0.202. The predicted octanol–water partition coefficient (Wildman–Crippen LogP) is 5.46. The Labute approximate surface area is 264 Å². The molecule has 1 atom stereocenters. The highest BCUT2D eigenvalue weighted by Crippen LogP contribution is 2.37. The lowest BCUT2D eigenvalue weighted by molar-refractivity contribution is -0.139. The van der Waals surface area contributed by atoms with E-state index in [1.165, 1.54) is 11.3 Å². The van der Waals surface area contributed by atoms with E-state index in [4.69, 9.17) is 14.5 Å². The number of carbonyl (C=O) groups excluding carboxylic acids is 1. The van der Waals surface area contributed by atoms with Gasteiger partial charge in [0.2, 0.25) is 0 Å². The molecule has 0 unspecified atom stereocenters. The van der Waals surface area contributed by atoms with E-state index in [9.17, 15) is 14.9 Å². The quantitative estimate of drug-likeness (QED) is 0.205. The SMILES string of the molecule is CCCC1=C(C(=O)OCC)[C@@H](c2ccccc2OC)n2c(s/c(=C/c3cn(Cc4ccccc4C#N)c4ccccc34)c2=O)=N1. The van der Waals surface area contributed by atoms with Gasteiger partial charge in [-0.15, -0.1) is 0 Å². The van der Waals surface area contributed by atoms with E-state index in [1.54, 1.807) is 18.6 Å². The Morgan fingerprint density at radius 1 is 1.07 bits per heavy atom. The highest BCUT2D eigenvalue weighted by Gasteiger charge is 2.35. The van der Waals surface area contributed by atoms with Crippen LogP contribution in [0, 0.1) is 11.3 Å². The number of allylic oxidation sites excluding steroid dienone is 1. The molecule has 0 saturated heterocycles. The van der Waals surface area contributed by atoms with Crippen LogP contribution in [0.1, 0.15) is 55.0 Å². The fourth-order valence-corrected chi connectivity index (χ4v) is 6.93. The first kappa shape index (κ1) is 29.9. The van der Waals surface area contributed by atoms with Gasteiger partial charge in [-0.2, -0.15) is 5.26 Å². The molecule has 5 aromatic rings. The van der Waals surface area contributed by atoms with Crippen molar-refractivity contribution >= 4 is 34.3 Å². The summed E-state index contributed by atoms with van der Waals surface area (Å²) in [4.78, 5) is 33.2. The van der Waals surface area contributed by atoms with Crippen molar-refractivity contribution in [1.29, 1.82) is 5.26 Å². The molecular formula is C36H32N4O4S. The second kappa shape index (κ2) is 12.8. The lowest BCUT2D eigenvalue weighted by atomic mass is 9.93. The Balaban J connectivity index is 1.56. The summed E-state index contributed by atoms with van der Waals surface area (Å²) < 4.78 is 15.4. The molecule has 0 radical (unpaired) electrons. The summed E-state index contributed by atoms with van der Waals surface area (Å²) in [5, 5.41) is 10.6. The van der Waals surface area contributed by atoms with E-state index < -0.39 is 12.0 Å². The summed E-state index contributed by atoms with van der Waals surface area (Å²) in [7, 11) is 1.58. The monoisotopic (exact) mass is 616 g/mol. The average Bonchev–Trinajstić information content (AvgIpc) is 3.56. The average molecular weight is 617 g/mol. The predicted molar refractivity (Wildman–Crippen MR) is 175 cm³/mol. The van der Waals surface area contributed by atoms with Crippen molar-refractivity contribution in [3.8, 4) is 11.8 Å². The van der Waals surface area contributed by atoms with Crippen LogP contribution < -0.4 is 19.6 Å². The summed E-state index contributed by atoms with van der Waals surface area (Å²) in [6.45, 7) is 4.51. The van der Waals surface area contributed by atoms with E-state index in [0.717, 1.165) is 28.5 Å². The Hall–Kier alpha value is -5.20. The summed E-state index contributed by atoms with van der Waals surface area (Å²) in [6, 6.07) is 24.5. The molecule has 2 aromatic heterocycles. The molecule has 8 nitrogen and oxygen atoms in total. The molecule has 3 heterocycles. The van der Waals surface area contributed by atoms with E-state index in [0.29, 0.717) is 50.4 Å². The molecule has 0 N–H and O–H groups in total. The van der Waals surface area contributed by atoms with Crippen LogP contribution in [0.4, 0.5) is 0 Å². The van der Waals surface area contributed by atoms with Gasteiger partial charge >= 0.3 is 5.97 Å². The molecule has 0 spiro atoms. The first-order valence-corrected chi connectivity index (χ1v) is 15.7. The number of nitrogens with zero attached hydrogens (tertiary/aromatic N) is 4. The number of hydrogen-bond acceptors (Lipinski definition) is 7. The molecule has 0 fully saturated rings. The van der Waals surface area contributed by atoms with Gasteiger partial charge in [0.15, 0.2) is 4.80 Å². The minimum atomic E-state index is -0.760. The van der Waals surface area contributed by atoms with Gasteiger partial charge in [-0.25, -0.2) is 9.79 Å². The summed E-state index contributed by atoms with van der Waals surface area (Å²) in [5.74, 6) is 0.0768.